The van der Waals surface area contributed by atoms with Crippen molar-refractivity contribution >= 4 is 30.7 Å². The summed E-state index contributed by atoms with van der Waals surface area (Å²) < 4.78 is 3.86. The summed E-state index contributed by atoms with van der Waals surface area (Å²) >= 11 is 0. The molecule has 3 aromatic rings. The van der Waals surface area contributed by atoms with Crippen molar-refractivity contribution in [2.24, 2.45) is 5.92 Å². The normalized spacial score (nSPS) is 18.6. The van der Waals surface area contributed by atoms with Crippen LogP contribution in [0, 0.1) is 5.92 Å². The Balaban J connectivity index is 0.00000144. The minimum absolute atomic E-state index is 0. The van der Waals surface area contributed by atoms with Crippen molar-refractivity contribution in [2.75, 3.05) is 19.6 Å². The van der Waals surface area contributed by atoms with Gasteiger partial charge >= 0.3 is 0 Å². The van der Waals surface area contributed by atoms with Gasteiger partial charge in [0.05, 0.1) is 11.1 Å². The molecule has 0 aromatic carbocycles. The quantitative estimate of drug-likeness (QED) is 0.587. The fourth-order valence-electron chi connectivity index (χ4n) is 4.58. The van der Waals surface area contributed by atoms with E-state index in [0.29, 0.717) is 41.9 Å². The zero-order chi connectivity index (χ0) is 20.5. The lowest BCUT2D eigenvalue weighted by Crippen LogP contribution is -2.45. The van der Waals surface area contributed by atoms with Crippen LogP contribution in [-0.2, 0) is 13.1 Å². The van der Waals surface area contributed by atoms with Crippen LogP contribution in [0.25, 0.3) is 11.4 Å². The van der Waals surface area contributed by atoms with Gasteiger partial charge in [0.2, 0.25) is 0 Å². The molecule has 0 unspecified atom stereocenters. The van der Waals surface area contributed by atoms with Gasteiger partial charge in [-0.15, -0.1) is 24.8 Å². The standard InChI is InChI=1S/C22H24N6O2.2ClH/c29-21(16-2-1-5-23-12-16)26-7-9-27-8-6-25-20(27)18-3-4-19-17-10-15(11-24-13-17)14-28(19)22(18)30;;/h1-6,8,12,15,17,24H,7,9-11,13-14H2,(H,26,29);2*1H/t15-,17+;;/m0../s1. The lowest BCUT2D eigenvalue weighted by Gasteiger charge is -2.37. The van der Waals surface area contributed by atoms with Crippen molar-refractivity contribution in [3.05, 3.63) is 70.7 Å². The molecule has 2 atom stereocenters. The molecule has 2 aliphatic heterocycles. The molecule has 170 valence electrons. The maximum atomic E-state index is 13.3. The van der Waals surface area contributed by atoms with Crippen LogP contribution in [0.15, 0.2) is 53.8 Å². The number of piperidine rings is 1. The van der Waals surface area contributed by atoms with Gasteiger partial charge in [-0.2, -0.15) is 0 Å². The highest BCUT2D eigenvalue weighted by molar-refractivity contribution is 5.93. The highest BCUT2D eigenvalue weighted by Crippen LogP contribution is 2.32. The number of amides is 1. The van der Waals surface area contributed by atoms with Crippen LogP contribution in [0.5, 0.6) is 0 Å². The number of nitrogens with zero attached hydrogens (tertiary/aromatic N) is 4. The molecule has 2 bridgehead atoms. The van der Waals surface area contributed by atoms with Gasteiger partial charge in [0.1, 0.15) is 5.82 Å². The van der Waals surface area contributed by atoms with E-state index in [9.17, 15) is 9.59 Å². The third-order valence-electron chi connectivity index (χ3n) is 6.03. The number of rotatable bonds is 5. The molecule has 1 fully saturated rings. The first kappa shape index (κ1) is 24.0. The van der Waals surface area contributed by atoms with Crippen molar-refractivity contribution < 1.29 is 4.79 Å². The highest BCUT2D eigenvalue weighted by Gasteiger charge is 2.31. The van der Waals surface area contributed by atoms with Gasteiger partial charge in [-0.25, -0.2) is 4.98 Å². The summed E-state index contributed by atoms with van der Waals surface area (Å²) in [4.78, 5) is 33.9. The van der Waals surface area contributed by atoms with Crippen LogP contribution in [0.4, 0.5) is 0 Å². The lowest BCUT2D eigenvalue weighted by molar-refractivity contribution is 0.0952. The predicted molar refractivity (Wildman–Crippen MR) is 127 cm³/mol. The number of hydrogen-bond donors (Lipinski definition) is 2. The molecule has 0 saturated carbocycles. The van der Waals surface area contributed by atoms with Crippen LogP contribution < -0.4 is 16.2 Å². The van der Waals surface area contributed by atoms with Gasteiger partial charge in [0.15, 0.2) is 0 Å². The molecule has 0 radical (unpaired) electrons. The molecule has 5 heterocycles. The summed E-state index contributed by atoms with van der Waals surface area (Å²) in [6.07, 6.45) is 7.86. The fourth-order valence-corrected chi connectivity index (χ4v) is 4.58. The van der Waals surface area contributed by atoms with Gasteiger partial charge in [0.25, 0.3) is 11.5 Å². The molecule has 32 heavy (non-hydrogen) atoms. The van der Waals surface area contributed by atoms with Gasteiger partial charge in [-0.3, -0.25) is 14.6 Å². The number of fused-ring (bicyclic) bond motifs is 4. The summed E-state index contributed by atoms with van der Waals surface area (Å²) in [5, 5.41) is 6.36. The zero-order valence-electron chi connectivity index (χ0n) is 17.4. The second-order valence-electron chi connectivity index (χ2n) is 7.99. The first-order valence-corrected chi connectivity index (χ1v) is 10.3. The van der Waals surface area contributed by atoms with Crippen LogP contribution in [-0.4, -0.2) is 44.6 Å². The first-order valence-electron chi connectivity index (χ1n) is 10.3. The number of imidazole rings is 1. The topological polar surface area (TPSA) is 93.8 Å². The Labute approximate surface area is 198 Å². The Morgan fingerprint density at radius 3 is 2.88 bits per heavy atom. The number of halogens is 2. The van der Waals surface area contributed by atoms with Crippen molar-refractivity contribution in [1.29, 1.82) is 0 Å². The predicted octanol–water partition coefficient (Wildman–Crippen LogP) is 2.09. The Morgan fingerprint density at radius 2 is 2.06 bits per heavy atom. The van der Waals surface area contributed by atoms with E-state index in [0.717, 1.165) is 31.7 Å². The average molecular weight is 477 g/mol. The van der Waals surface area contributed by atoms with E-state index in [-0.39, 0.29) is 36.3 Å². The molecular formula is C22H26Cl2N6O2. The van der Waals surface area contributed by atoms with Gasteiger partial charge in [0, 0.05) is 62.6 Å². The van der Waals surface area contributed by atoms with Crippen LogP contribution in [0.1, 0.15) is 28.4 Å². The average Bonchev–Trinajstić information content (AvgIpc) is 3.23. The largest absolute Gasteiger partial charge is 0.350 e. The fraction of sp³-hybridized carbons (Fsp3) is 0.364. The van der Waals surface area contributed by atoms with Crippen LogP contribution in [0.3, 0.4) is 0 Å². The highest BCUT2D eigenvalue weighted by atomic mass is 35.5. The molecule has 10 heteroatoms. The van der Waals surface area contributed by atoms with Crippen molar-refractivity contribution in [1.82, 2.24) is 29.7 Å². The van der Waals surface area contributed by atoms with Crippen molar-refractivity contribution in [2.45, 2.75) is 25.4 Å². The first-order chi connectivity index (χ1) is 14.7. The summed E-state index contributed by atoms with van der Waals surface area (Å²) in [6, 6.07) is 7.44. The number of carbonyl (C=O) groups excluding carboxylic acids is 1. The Morgan fingerprint density at radius 1 is 1.19 bits per heavy atom. The number of carbonyl (C=O) groups is 1. The molecule has 0 aliphatic carbocycles. The minimum atomic E-state index is -0.168. The SMILES string of the molecule is Cl.Cl.O=C(NCCn1ccnc1-c1ccc2n(c1=O)C[C@@H]1CNC[C@H]2C1)c1cccnc1. The van der Waals surface area contributed by atoms with E-state index < -0.39 is 0 Å². The molecule has 0 spiro atoms. The monoisotopic (exact) mass is 476 g/mol. The molecule has 8 nitrogen and oxygen atoms in total. The summed E-state index contributed by atoms with van der Waals surface area (Å²) in [7, 11) is 0. The second kappa shape index (κ2) is 10.3. The van der Waals surface area contributed by atoms with E-state index in [1.54, 1.807) is 24.5 Å². The van der Waals surface area contributed by atoms with E-state index >= 15 is 0 Å². The maximum Gasteiger partial charge on any atom is 0.261 e. The van der Waals surface area contributed by atoms with E-state index in [1.165, 1.54) is 6.20 Å². The maximum absolute atomic E-state index is 13.3. The number of pyridine rings is 2. The number of aromatic nitrogens is 4. The minimum Gasteiger partial charge on any atom is -0.350 e. The molecule has 1 amide bonds. The third-order valence-corrected chi connectivity index (χ3v) is 6.03. The van der Waals surface area contributed by atoms with Gasteiger partial charge in [-0.05, 0) is 43.1 Å². The molecular weight excluding hydrogens is 451 g/mol. The molecule has 2 aliphatic rings. The van der Waals surface area contributed by atoms with Crippen molar-refractivity contribution in [3.8, 4) is 11.4 Å². The molecule has 5 rings (SSSR count). The van der Waals surface area contributed by atoms with Gasteiger partial charge < -0.3 is 19.8 Å². The van der Waals surface area contributed by atoms with E-state index in [2.05, 4.69) is 26.7 Å². The Kier molecular flexibility index (Phi) is 7.71. The van der Waals surface area contributed by atoms with Crippen LogP contribution in [0.2, 0.25) is 0 Å². The summed E-state index contributed by atoms with van der Waals surface area (Å²) in [6.45, 7) is 3.61. The smallest absolute Gasteiger partial charge is 0.261 e. The number of nitrogens with one attached hydrogen (secondary N) is 2. The van der Waals surface area contributed by atoms with E-state index in [1.807, 2.05) is 21.4 Å². The summed E-state index contributed by atoms with van der Waals surface area (Å²) in [5.74, 6) is 1.38. The van der Waals surface area contributed by atoms with Crippen LogP contribution >= 0.6 is 24.8 Å². The van der Waals surface area contributed by atoms with Crippen molar-refractivity contribution in [3.63, 3.8) is 0 Å². The Bertz CT molecular complexity index is 1130. The zero-order valence-corrected chi connectivity index (χ0v) is 19.1. The second-order valence-corrected chi connectivity index (χ2v) is 7.99. The third kappa shape index (κ3) is 4.57. The molecule has 2 N–H and O–H groups in total. The molecule has 1 saturated heterocycles. The van der Waals surface area contributed by atoms with E-state index in [4.69, 9.17) is 0 Å². The summed E-state index contributed by atoms with van der Waals surface area (Å²) in [5.41, 5.74) is 2.27. The Hall–Kier alpha value is -2.68. The lowest BCUT2D eigenvalue weighted by atomic mass is 9.84. The van der Waals surface area contributed by atoms with Gasteiger partial charge in [-0.1, -0.05) is 0 Å². The number of hydrogen-bond acceptors (Lipinski definition) is 5. The molecule has 3 aromatic heterocycles.